The molecule has 26 heavy (non-hydrogen) atoms. The number of aryl methyl sites for hydroxylation is 2. The summed E-state index contributed by atoms with van der Waals surface area (Å²) in [6, 6.07) is 6.83. The molecule has 144 valence electrons. The second kappa shape index (κ2) is 10.5. The number of nitrogens with one attached hydrogen (secondary N) is 2. The second-order valence-electron chi connectivity index (χ2n) is 6.40. The van der Waals surface area contributed by atoms with E-state index in [2.05, 4.69) is 34.6 Å². The van der Waals surface area contributed by atoms with Crippen molar-refractivity contribution in [2.75, 3.05) is 13.6 Å². The molecule has 0 saturated carbocycles. The summed E-state index contributed by atoms with van der Waals surface area (Å²) in [6.07, 6.45) is 1.71. The van der Waals surface area contributed by atoms with E-state index >= 15 is 0 Å². The largest absolute Gasteiger partial charge is 0.356 e. The van der Waals surface area contributed by atoms with Gasteiger partial charge in [0.1, 0.15) is 5.82 Å². The fraction of sp³-hybridized carbons (Fsp3) is 0.474. The lowest BCUT2D eigenvalue weighted by molar-refractivity contribution is 0.626. The summed E-state index contributed by atoms with van der Waals surface area (Å²) >= 11 is 0. The SMILES string of the molecule is CN=C(NCCc1ccc(F)cc1)NC(C)Cc1c(C)nn(C)c1C.I. The first-order valence-electron chi connectivity index (χ1n) is 8.61. The van der Waals surface area contributed by atoms with E-state index in [1.807, 2.05) is 30.8 Å². The van der Waals surface area contributed by atoms with Gasteiger partial charge in [-0.15, -0.1) is 24.0 Å². The number of hydrogen-bond donors (Lipinski definition) is 2. The van der Waals surface area contributed by atoms with Crippen LogP contribution in [0, 0.1) is 19.7 Å². The van der Waals surface area contributed by atoms with Crippen LogP contribution in [0.15, 0.2) is 29.3 Å². The van der Waals surface area contributed by atoms with E-state index in [1.165, 1.54) is 23.4 Å². The van der Waals surface area contributed by atoms with Crippen molar-refractivity contribution in [3.8, 4) is 0 Å². The van der Waals surface area contributed by atoms with Crippen LogP contribution >= 0.6 is 24.0 Å². The first-order chi connectivity index (χ1) is 11.9. The van der Waals surface area contributed by atoms with Crippen LogP contribution in [-0.2, 0) is 19.9 Å². The van der Waals surface area contributed by atoms with Crippen molar-refractivity contribution in [1.82, 2.24) is 20.4 Å². The molecule has 0 amide bonds. The topological polar surface area (TPSA) is 54.2 Å². The Morgan fingerprint density at radius 1 is 1.27 bits per heavy atom. The minimum Gasteiger partial charge on any atom is -0.356 e. The van der Waals surface area contributed by atoms with E-state index in [4.69, 9.17) is 0 Å². The number of nitrogens with zero attached hydrogens (tertiary/aromatic N) is 3. The maximum absolute atomic E-state index is 12.9. The third kappa shape index (κ3) is 6.26. The molecule has 1 unspecified atom stereocenters. The predicted molar refractivity (Wildman–Crippen MR) is 116 cm³/mol. The summed E-state index contributed by atoms with van der Waals surface area (Å²) in [7, 11) is 3.74. The molecule has 2 aromatic rings. The molecular weight excluding hydrogens is 444 g/mol. The molecule has 0 aliphatic carbocycles. The summed E-state index contributed by atoms with van der Waals surface area (Å²) < 4.78 is 14.8. The molecular formula is C19H29FIN5. The van der Waals surface area contributed by atoms with Crippen molar-refractivity contribution in [3.05, 3.63) is 52.6 Å². The van der Waals surface area contributed by atoms with Gasteiger partial charge in [0.15, 0.2) is 5.96 Å². The third-order valence-corrected chi connectivity index (χ3v) is 4.40. The van der Waals surface area contributed by atoms with Crippen molar-refractivity contribution in [2.24, 2.45) is 12.0 Å². The zero-order chi connectivity index (χ0) is 18.4. The second-order valence-corrected chi connectivity index (χ2v) is 6.40. The Kier molecular flexibility index (Phi) is 9.04. The fourth-order valence-corrected chi connectivity index (χ4v) is 2.87. The highest BCUT2D eigenvalue weighted by Crippen LogP contribution is 2.14. The summed E-state index contributed by atoms with van der Waals surface area (Å²) in [6.45, 7) is 7.02. The molecule has 0 saturated heterocycles. The lowest BCUT2D eigenvalue weighted by Gasteiger charge is -2.18. The molecule has 0 radical (unpaired) electrons. The Bertz CT molecular complexity index is 724. The van der Waals surface area contributed by atoms with Gasteiger partial charge in [-0.2, -0.15) is 5.10 Å². The maximum Gasteiger partial charge on any atom is 0.191 e. The highest BCUT2D eigenvalue weighted by atomic mass is 127. The molecule has 1 heterocycles. The standard InChI is InChI=1S/C19H28FN5.HI/c1-13(12-18-14(2)24-25(5)15(18)3)23-19(21-4)22-11-10-16-6-8-17(20)9-7-16;/h6-9,13H,10-12H2,1-5H3,(H2,21,22,23);1H. The normalized spacial score (nSPS) is 12.5. The molecule has 0 aliphatic rings. The Balaban J connectivity index is 0.00000338. The zero-order valence-electron chi connectivity index (χ0n) is 16.1. The summed E-state index contributed by atoms with van der Waals surface area (Å²) in [4.78, 5) is 4.28. The highest BCUT2D eigenvalue weighted by molar-refractivity contribution is 14.0. The quantitative estimate of drug-likeness (QED) is 0.385. The van der Waals surface area contributed by atoms with Crippen LogP contribution in [0.3, 0.4) is 0 Å². The van der Waals surface area contributed by atoms with Gasteiger partial charge in [-0.25, -0.2) is 4.39 Å². The lowest BCUT2D eigenvalue weighted by atomic mass is 10.1. The Hall–Kier alpha value is -1.64. The van der Waals surface area contributed by atoms with Crippen LogP contribution in [0.2, 0.25) is 0 Å². The number of guanidine groups is 1. The van der Waals surface area contributed by atoms with E-state index in [1.54, 1.807) is 7.05 Å². The number of rotatable bonds is 6. The molecule has 2 rings (SSSR count). The van der Waals surface area contributed by atoms with Crippen LogP contribution in [0.4, 0.5) is 4.39 Å². The molecule has 5 nitrogen and oxygen atoms in total. The zero-order valence-corrected chi connectivity index (χ0v) is 18.5. The van der Waals surface area contributed by atoms with Crippen molar-refractivity contribution in [2.45, 2.75) is 39.7 Å². The number of aliphatic imine (C=N–C) groups is 1. The van der Waals surface area contributed by atoms with Crippen molar-refractivity contribution >= 4 is 29.9 Å². The van der Waals surface area contributed by atoms with Gasteiger partial charge in [0.25, 0.3) is 0 Å². The van der Waals surface area contributed by atoms with Crippen LogP contribution in [0.1, 0.15) is 29.4 Å². The number of aromatic nitrogens is 2. The Morgan fingerprint density at radius 3 is 2.46 bits per heavy atom. The highest BCUT2D eigenvalue weighted by Gasteiger charge is 2.13. The van der Waals surface area contributed by atoms with Crippen LogP contribution < -0.4 is 10.6 Å². The van der Waals surface area contributed by atoms with Gasteiger partial charge >= 0.3 is 0 Å². The third-order valence-electron chi connectivity index (χ3n) is 4.40. The lowest BCUT2D eigenvalue weighted by Crippen LogP contribution is -2.43. The first-order valence-corrected chi connectivity index (χ1v) is 8.61. The Labute approximate surface area is 172 Å². The molecule has 0 fully saturated rings. The van der Waals surface area contributed by atoms with Crippen molar-refractivity contribution in [1.29, 1.82) is 0 Å². The van der Waals surface area contributed by atoms with Gasteiger partial charge in [-0.3, -0.25) is 9.67 Å². The van der Waals surface area contributed by atoms with E-state index in [9.17, 15) is 4.39 Å². The van der Waals surface area contributed by atoms with Crippen LogP contribution in [-0.4, -0.2) is 35.4 Å². The van der Waals surface area contributed by atoms with Gasteiger partial charge in [0.2, 0.25) is 0 Å². The van der Waals surface area contributed by atoms with Gasteiger partial charge in [-0.05, 0) is 56.9 Å². The predicted octanol–water partition coefficient (Wildman–Crippen LogP) is 3.13. The minimum absolute atomic E-state index is 0. The molecule has 0 spiro atoms. The van der Waals surface area contributed by atoms with E-state index < -0.39 is 0 Å². The molecule has 0 aliphatic heterocycles. The van der Waals surface area contributed by atoms with Gasteiger partial charge in [0, 0.05) is 32.4 Å². The van der Waals surface area contributed by atoms with Gasteiger partial charge in [-0.1, -0.05) is 12.1 Å². The molecule has 7 heteroatoms. The van der Waals surface area contributed by atoms with Gasteiger partial charge in [0.05, 0.1) is 5.69 Å². The molecule has 1 aromatic heterocycles. The maximum atomic E-state index is 12.9. The smallest absolute Gasteiger partial charge is 0.191 e. The number of halogens is 2. The summed E-state index contributed by atoms with van der Waals surface area (Å²) in [5, 5.41) is 11.2. The molecule has 1 atom stereocenters. The van der Waals surface area contributed by atoms with Crippen LogP contribution in [0.5, 0.6) is 0 Å². The average molecular weight is 473 g/mol. The van der Waals surface area contributed by atoms with E-state index in [0.29, 0.717) is 0 Å². The average Bonchev–Trinajstić information content (AvgIpc) is 2.82. The molecule has 0 bridgehead atoms. The van der Waals surface area contributed by atoms with E-state index in [-0.39, 0.29) is 35.8 Å². The molecule has 2 N–H and O–H groups in total. The summed E-state index contributed by atoms with van der Waals surface area (Å²) in [5.74, 6) is 0.567. The van der Waals surface area contributed by atoms with Gasteiger partial charge < -0.3 is 10.6 Å². The first kappa shape index (κ1) is 22.4. The monoisotopic (exact) mass is 473 g/mol. The minimum atomic E-state index is -0.205. The Morgan fingerprint density at radius 2 is 1.92 bits per heavy atom. The van der Waals surface area contributed by atoms with Crippen LogP contribution in [0.25, 0.3) is 0 Å². The number of hydrogen-bond acceptors (Lipinski definition) is 2. The number of benzene rings is 1. The van der Waals surface area contributed by atoms with Crippen molar-refractivity contribution in [3.63, 3.8) is 0 Å². The summed E-state index contributed by atoms with van der Waals surface area (Å²) in [5.41, 5.74) is 4.65. The fourth-order valence-electron chi connectivity index (χ4n) is 2.87. The van der Waals surface area contributed by atoms with Crippen molar-refractivity contribution < 1.29 is 4.39 Å². The van der Waals surface area contributed by atoms with E-state index in [0.717, 1.165) is 36.6 Å². The molecule has 1 aromatic carbocycles.